The van der Waals surface area contributed by atoms with Crippen molar-refractivity contribution in [2.24, 2.45) is 0 Å². The first-order valence-electron chi connectivity index (χ1n) is 6.03. The summed E-state index contributed by atoms with van der Waals surface area (Å²) in [5.41, 5.74) is 8.48. The van der Waals surface area contributed by atoms with Crippen molar-refractivity contribution in [2.45, 2.75) is 13.8 Å². The Bertz CT molecular complexity index is 803. The Morgan fingerprint density at radius 1 is 1.05 bits per heavy atom. The second kappa shape index (κ2) is 4.26. The third-order valence-electron chi connectivity index (χ3n) is 3.43. The standard InChI is InChI=1S/C14H12F2N4/c1-7-8(2)20(11-4-9(15)3-10(16)5-11)14-12(7)13(17)18-6-19-14/h3-6H,1-2H3,(H2,17,18,19). The Hall–Kier alpha value is -2.50. The molecule has 4 nitrogen and oxygen atoms in total. The van der Waals surface area contributed by atoms with Gasteiger partial charge >= 0.3 is 0 Å². The normalized spacial score (nSPS) is 11.2. The van der Waals surface area contributed by atoms with Crippen LogP contribution in [0.25, 0.3) is 16.7 Å². The molecule has 1 aromatic carbocycles. The average Bonchev–Trinajstić information content (AvgIpc) is 2.62. The Labute approximate surface area is 113 Å². The van der Waals surface area contributed by atoms with Gasteiger partial charge in [-0.2, -0.15) is 0 Å². The highest BCUT2D eigenvalue weighted by Gasteiger charge is 2.17. The molecule has 2 heterocycles. The predicted molar refractivity (Wildman–Crippen MR) is 72.7 cm³/mol. The minimum Gasteiger partial charge on any atom is -0.383 e. The first-order chi connectivity index (χ1) is 9.49. The third-order valence-corrected chi connectivity index (χ3v) is 3.43. The quantitative estimate of drug-likeness (QED) is 0.742. The molecule has 102 valence electrons. The van der Waals surface area contributed by atoms with Gasteiger partial charge in [0.05, 0.1) is 11.1 Å². The van der Waals surface area contributed by atoms with Crippen LogP contribution in [-0.2, 0) is 0 Å². The maximum Gasteiger partial charge on any atom is 0.150 e. The third kappa shape index (κ3) is 1.72. The number of hydrogen-bond donors (Lipinski definition) is 1. The number of benzene rings is 1. The second-order valence-electron chi connectivity index (χ2n) is 4.63. The van der Waals surface area contributed by atoms with Crippen LogP contribution in [-0.4, -0.2) is 14.5 Å². The lowest BCUT2D eigenvalue weighted by Gasteiger charge is -2.08. The lowest BCUT2D eigenvalue weighted by Crippen LogP contribution is -2.00. The summed E-state index contributed by atoms with van der Waals surface area (Å²) in [6, 6.07) is 3.35. The molecule has 0 saturated heterocycles. The fraction of sp³-hybridized carbons (Fsp3) is 0.143. The van der Waals surface area contributed by atoms with Crippen molar-refractivity contribution in [2.75, 3.05) is 5.73 Å². The van der Waals surface area contributed by atoms with Crippen LogP contribution >= 0.6 is 0 Å². The van der Waals surface area contributed by atoms with Gasteiger partial charge in [-0.15, -0.1) is 0 Å². The highest BCUT2D eigenvalue weighted by molar-refractivity contribution is 5.92. The van der Waals surface area contributed by atoms with Crippen molar-refractivity contribution < 1.29 is 8.78 Å². The number of aromatic nitrogens is 3. The summed E-state index contributed by atoms with van der Waals surface area (Å²) >= 11 is 0. The zero-order chi connectivity index (χ0) is 14.4. The van der Waals surface area contributed by atoms with E-state index in [9.17, 15) is 8.78 Å². The molecule has 0 aliphatic carbocycles. The summed E-state index contributed by atoms with van der Waals surface area (Å²) in [4.78, 5) is 8.14. The van der Waals surface area contributed by atoms with E-state index in [1.54, 1.807) is 4.57 Å². The number of nitrogens with zero attached hydrogens (tertiary/aromatic N) is 3. The number of halogens is 2. The molecule has 6 heteroatoms. The smallest absolute Gasteiger partial charge is 0.150 e. The van der Waals surface area contributed by atoms with Gasteiger partial charge in [-0.3, -0.25) is 4.57 Å². The number of anilines is 1. The summed E-state index contributed by atoms with van der Waals surface area (Å²) in [5, 5.41) is 0.703. The van der Waals surface area contributed by atoms with Gasteiger partial charge in [0.25, 0.3) is 0 Å². The fourth-order valence-electron chi connectivity index (χ4n) is 2.41. The largest absolute Gasteiger partial charge is 0.383 e. The van der Waals surface area contributed by atoms with Gasteiger partial charge in [0, 0.05) is 11.8 Å². The van der Waals surface area contributed by atoms with Crippen LogP contribution in [0.15, 0.2) is 24.5 Å². The molecule has 0 amide bonds. The number of hydrogen-bond acceptors (Lipinski definition) is 3. The maximum absolute atomic E-state index is 13.4. The van der Waals surface area contributed by atoms with E-state index in [0.717, 1.165) is 17.3 Å². The Morgan fingerprint density at radius 3 is 2.35 bits per heavy atom. The number of nitrogen functional groups attached to an aromatic ring is 1. The minimum absolute atomic E-state index is 0.353. The fourth-order valence-corrected chi connectivity index (χ4v) is 2.41. The van der Waals surface area contributed by atoms with Crippen LogP contribution in [0.2, 0.25) is 0 Å². The van der Waals surface area contributed by atoms with Crippen molar-refractivity contribution in [1.82, 2.24) is 14.5 Å². The Balaban J connectivity index is 2.42. The molecule has 0 saturated carbocycles. The van der Waals surface area contributed by atoms with Crippen LogP contribution in [0.4, 0.5) is 14.6 Å². The van der Waals surface area contributed by atoms with Crippen molar-refractivity contribution >= 4 is 16.9 Å². The summed E-state index contributed by atoms with van der Waals surface area (Å²) in [6.45, 7) is 3.73. The average molecular weight is 274 g/mol. The van der Waals surface area contributed by atoms with Crippen molar-refractivity contribution in [3.05, 3.63) is 47.4 Å². The minimum atomic E-state index is -0.638. The van der Waals surface area contributed by atoms with E-state index < -0.39 is 11.6 Å². The van der Waals surface area contributed by atoms with E-state index in [0.29, 0.717) is 22.5 Å². The van der Waals surface area contributed by atoms with Crippen molar-refractivity contribution in [1.29, 1.82) is 0 Å². The zero-order valence-corrected chi connectivity index (χ0v) is 11.0. The number of rotatable bonds is 1. The molecule has 3 aromatic rings. The van der Waals surface area contributed by atoms with Crippen LogP contribution in [0.1, 0.15) is 11.3 Å². The highest BCUT2D eigenvalue weighted by Crippen LogP contribution is 2.30. The molecule has 0 atom stereocenters. The van der Waals surface area contributed by atoms with Gasteiger partial charge in [0.1, 0.15) is 23.8 Å². The molecule has 0 aliphatic heterocycles. The molecule has 2 aromatic heterocycles. The molecule has 0 radical (unpaired) electrons. The highest BCUT2D eigenvalue weighted by atomic mass is 19.1. The number of fused-ring (bicyclic) bond motifs is 1. The topological polar surface area (TPSA) is 56.7 Å². The first kappa shape index (κ1) is 12.5. The molecule has 3 rings (SSSR count). The van der Waals surface area contributed by atoms with Gasteiger partial charge in [-0.25, -0.2) is 18.7 Å². The van der Waals surface area contributed by atoms with Crippen molar-refractivity contribution in [3.8, 4) is 5.69 Å². The van der Waals surface area contributed by atoms with Crippen LogP contribution in [0.5, 0.6) is 0 Å². The van der Waals surface area contributed by atoms with Crippen LogP contribution < -0.4 is 5.73 Å². The summed E-state index contributed by atoms with van der Waals surface area (Å²) in [7, 11) is 0. The monoisotopic (exact) mass is 274 g/mol. The zero-order valence-electron chi connectivity index (χ0n) is 11.0. The van der Waals surface area contributed by atoms with Crippen LogP contribution in [0, 0.1) is 25.5 Å². The van der Waals surface area contributed by atoms with E-state index in [2.05, 4.69) is 9.97 Å². The lowest BCUT2D eigenvalue weighted by atomic mass is 10.2. The lowest BCUT2D eigenvalue weighted by molar-refractivity contribution is 0.581. The van der Waals surface area contributed by atoms with Gasteiger partial charge < -0.3 is 5.73 Å². The molecule has 0 spiro atoms. The summed E-state index contributed by atoms with van der Waals surface area (Å²) in [5.74, 6) is -0.923. The Kier molecular flexibility index (Phi) is 2.67. The molecular weight excluding hydrogens is 262 g/mol. The van der Waals surface area contributed by atoms with Gasteiger partial charge in [-0.1, -0.05) is 0 Å². The van der Waals surface area contributed by atoms with E-state index in [1.807, 2.05) is 13.8 Å². The SMILES string of the molecule is Cc1c(C)n(-c2cc(F)cc(F)c2)c2ncnc(N)c12. The molecule has 20 heavy (non-hydrogen) atoms. The molecule has 0 aliphatic rings. The Morgan fingerprint density at radius 2 is 1.70 bits per heavy atom. The van der Waals surface area contributed by atoms with Crippen molar-refractivity contribution in [3.63, 3.8) is 0 Å². The molecule has 0 fully saturated rings. The van der Waals surface area contributed by atoms with E-state index in [4.69, 9.17) is 5.73 Å². The predicted octanol–water partition coefficient (Wildman–Crippen LogP) is 2.90. The van der Waals surface area contributed by atoms with E-state index >= 15 is 0 Å². The molecule has 0 bridgehead atoms. The first-order valence-corrected chi connectivity index (χ1v) is 6.03. The van der Waals surface area contributed by atoms with E-state index in [-0.39, 0.29) is 0 Å². The van der Waals surface area contributed by atoms with Gasteiger partial charge in [0.15, 0.2) is 5.65 Å². The number of nitrogens with two attached hydrogens (primary N) is 1. The second-order valence-corrected chi connectivity index (χ2v) is 4.63. The van der Waals surface area contributed by atoms with Crippen LogP contribution in [0.3, 0.4) is 0 Å². The summed E-state index contributed by atoms with van der Waals surface area (Å²) in [6.07, 6.45) is 1.34. The number of aryl methyl sites for hydroxylation is 1. The maximum atomic E-state index is 13.4. The molecule has 0 unspecified atom stereocenters. The molecule has 2 N–H and O–H groups in total. The summed E-state index contributed by atoms with van der Waals surface area (Å²) < 4.78 is 28.5. The van der Waals surface area contributed by atoms with Gasteiger partial charge in [0.2, 0.25) is 0 Å². The van der Waals surface area contributed by atoms with E-state index in [1.165, 1.54) is 18.5 Å². The van der Waals surface area contributed by atoms with Gasteiger partial charge in [-0.05, 0) is 31.5 Å². The molecular formula is C14H12F2N4.